The fourth-order valence-electron chi connectivity index (χ4n) is 6.34. The molecule has 0 spiro atoms. The molecule has 38 heavy (non-hydrogen) atoms. The van der Waals surface area contributed by atoms with Gasteiger partial charge >= 0.3 is 6.03 Å². The fourth-order valence-corrected chi connectivity index (χ4v) is 6.34. The topological polar surface area (TPSA) is 159 Å². The molecule has 1 aromatic carbocycles. The SMILES string of the molecule is NC(=O)NC1CCC(c2cnc(N3C4CCC3CN(c3cc(-c5ccccc5O)nnc3N)C4)nc2)CC1. The molecule has 3 aliphatic rings. The van der Waals surface area contributed by atoms with Crippen molar-refractivity contribution in [2.75, 3.05) is 28.6 Å². The largest absolute Gasteiger partial charge is 0.507 e. The van der Waals surface area contributed by atoms with Crippen molar-refractivity contribution in [1.82, 2.24) is 25.5 Å². The monoisotopic (exact) mass is 515 g/mol. The van der Waals surface area contributed by atoms with Crippen LogP contribution in [0.5, 0.6) is 5.75 Å². The van der Waals surface area contributed by atoms with Crippen LogP contribution >= 0.6 is 0 Å². The number of carbonyl (C=O) groups is 1. The van der Waals surface area contributed by atoms with Crippen LogP contribution in [-0.4, -0.2) is 62.5 Å². The first kappa shape index (κ1) is 24.2. The number of aromatic hydroxyl groups is 1. The van der Waals surface area contributed by atoms with Gasteiger partial charge in [0.25, 0.3) is 0 Å². The summed E-state index contributed by atoms with van der Waals surface area (Å²) in [5.41, 5.74) is 14.8. The Morgan fingerprint density at radius 1 is 0.974 bits per heavy atom. The molecule has 1 saturated carbocycles. The number of primary amides is 1. The number of carbonyl (C=O) groups excluding carboxylic acids is 1. The zero-order chi connectivity index (χ0) is 26.2. The second kappa shape index (κ2) is 9.96. The first-order valence-electron chi connectivity index (χ1n) is 13.3. The number of anilines is 3. The highest BCUT2D eigenvalue weighted by molar-refractivity contribution is 5.74. The molecule has 2 aromatic heterocycles. The van der Waals surface area contributed by atoms with E-state index in [0.29, 0.717) is 23.0 Å². The summed E-state index contributed by atoms with van der Waals surface area (Å²) >= 11 is 0. The van der Waals surface area contributed by atoms with Crippen LogP contribution in [0, 0.1) is 0 Å². The summed E-state index contributed by atoms with van der Waals surface area (Å²) < 4.78 is 0. The summed E-state index contributed by atoms with van der Waals surface area (Å²) in [7, 11) is 0. The second-order valence-electron chi connectivity index (χ2n) is 10.6. The molecule has 198 valence electrons. The van der Waals surface area contributed by atoms with E-state index in [1.54, 1.807) is 12.1 Å². The number of phenols is 1. The van der Waals surface area contributed by atoms with Crippen LogP contribution in [-0.2, 0) is 0 Å². The molecule has 4 heterocycles. The quantitative estimate of drug-likeness (QED) is 0.401. The molecule has 3 fully saturated rings. The lowest BCUT2D eigenvalue weighted by molar-refractivity contribution is 0.239. The maximum absolute atomic E-state index is 11.1. The van der Waals surface area contributed by atoms with Crippen molar-refractivity contribution >= 4 is 23.5 Å². The van der Waals surface area contributed by atoms with Crippen LogP contribution in [0.3, 0.4) is 0 Å². The van der Waals surface area contributed by atoms with Crippen LogP contribution in [0.1, 0.15) is 50.0 Å². The predicted molar refractivity (Wildman–Crippen MR) is 145 cm³/mol. The van der Waals surface area contributed by atoms with Gasteiger partial charge in [-0.1, -0.05) is 12.1 Å². The molecular weight excluding hydrogens is 482 g/mol. The Morgan fingerprint density at radius 2 is 1.66 bits per heavy atom. The maximum atomic E-state index is 11.1. The zero-order valence-corrected chi connectivity index (χ0v) is 21.2. The molecule has 2 amide bonds. The van der Waals surface area contributed by atoms with Crippen molar-refractivity contribution < 1.29 is 9.90 Å². The number of hydrogen-bond acceptors (Lipinski definition) is 9. The van der Waals surface area contributed by atoms with Crippen molar-refractivity contribution in [2.24, 2.45) is 5.73 Å². The third-order valence-corrected chi connectivity index (χ3v) is 8.24. The molecule has 2 bridgehead atoms. The lowest BCUT2D eigenvalue weighted by atomic mass is 9.83. The third-order valence-electron chi connectivity index (χ3n) is 8.24. The van der Waals surface area contributed by atoms with Gasteiger partial charge in [-0.3, -0.25) is 0 Å². The molecule has 3 aromatic rings. The number of amides is 2. The molecule has 2 aliphatic heterocycles. The summed E-state index contributed by atoms with van der Waals surface area (Å²) in [5.74, 6) is 1.74. The Balaban J connectivity index is 1.15. The van der Waals surface area contributed by atoms with E-state index in [0.717, 1.165) is 68.8 Å². The van der Waals surface area contributed by atoms with Gasteiger partial charge in [-0.2, -0.15) is 0 Å². The van der Waals surface area contributed by atoms with E-state index >= 15 is 0 Å². The Morgan fingerprint density at radius 3 is 2.32 bits per heavy atom. The molecule has 6 N–H and O–H groups in total. The average Bonchev–Trinajstić information content (AvgIpc) is 3.18. The van der Waals surface area contributed by atoms with Gasteiger partial charge in [-0.15, -0.1) is 10.2 Å². The van der Waals surface area contributed by atoms with Gasteiger partial charge in [0.15, 0.2) is 5.82 Å². The molecule has 11 heteroatoms. The summed E-state index contributed by atoms with van der Waals surface area (Å²) in [6.07, 6.45) is 9.89. The number of rotatable bonds is 5. The number of benzene rings is 1. The summed E-state index contributed by atoms with van der Waals surface area (Å²) in [5, 5.41) is 21.5. The van der Waals surface area contributed by atoms with Gasteiger partial charge in [0, 0.05) is 49.2 Å². The second-order valence-corrected chi connectivity index (χ2v) is 10.6. The first-order chi connectivity index (χ1) is 18.5. The standard InChI is InChI=1S/C27H33N9O2/c28-25-23(11-22(33-34-25)21-3-1-2-4-24(21)37)35-14-19-9-10-20(15-35)36(19)27-30-12-17(13-31-27)16-5-7-18(8-6-16)32-26(29)38/h1-4,11-13,16,18-20,37H,5-10,14-15H2,(H2,28,34)(H3,29,32,38). The molecular formula is C27H33N9O2. The summed E-state index contributed by atoms with van der Waals surface area (Å²) in [4.78, 5) is 25.4. The summed E-state index contributed by atoms with van der Waals surface area (Å²) in [6.45, 7) is 1.57. The van der Waals surface area contributed by atoms with Crippen molar-refractivity contribution in [3.8, 4) is 17.0 Å². The minimum atomic E-state index is -0.449. The molecule has 2 saturated heterocycles. The number of phenolic OH excluding ortho intramolecular Hbond substituents is 1. The predicted octanol–water partition coefficient (Wildman–Crippen LogP) is 2.77. The Bertz CT molecular complexity index is 1300. The Kier molecular flexibility index (Phi) is 6.34. The minimum absolute atomic E-state index is 0.162. The van der Waals surface area contributed by atoms with E-state index in [-0.39, 0.29) is 23.9 Å². The lowest BCUT2D eigenvalue weighted by Gasteiger charge is -2.42. The number of nitrogens with two attached hydrogens (primary N) is 2. The third kappa shape index (κ3) is 4.64. The van der Waals surface area contributed by atoms with Crippen molar-refractivity contribution in [3.05, 3.63) is 48.3 Å². The lowest BCUT2D eigenvalue weighted by Crippen LogP contribution is -2.54. The number of piperazine rings is 1. The number of nitrogen functional groups attached to an aromatic ring is 1. The molecule has 0 radical (unpaired) electrons. The van der Waals surface area contributed by atoms with E-state index in [2.05, 4.69) is 25.3 Å². The Labute approximate surface area is 221 Å². The smallest absolute Gasteiger partial charge is 0.312 e. The molecule has 6 rings (SSSR count). The maximum Gasteiger partial charge on any atom is 0.312 e. The number of nitrogens with one attached hydrogen (secondary N) is 1. The van der Waals surface area contributed by atoms with E-state index in [9.17, 15) is 9.90 Å². The van der Waals surface area contributed by atoms with Crippen LogP contribution < -0.4 is 26.6 Å². The van der Waals surface area contributed by atoms with Crippen LogP contribution in [0.25, 0.3) is 11.3 Å². The first-order valence-corrected chi connectivity index (χ1v) is 13.3. The van der Waals surface area contributed by atoms with Gasteiger partial charge in [0.2, 0.25) is 5.95 Å². The number of hydrogen-bond donors (Lipinski definition) is 4. The van der Waals surface area contributed by atoms with Gasteiger partial charge in [0.1, 0.15) is 5.75 Å². The Hall–Kier alpha value is -4.15. The average molecular weight is 516 g/mol. The number of para-hydroxylation sites is 1. The van der Waals surface area contributed by atoms with Gasteiger partial charge in [-0.25, -0.2) is 14.8 Å². The number of urea groups is 1. The van der Waals surface area contributed by atoms with E-state index in [1.807, 2.05) is 30.6 Å². The molecule has 1 aliphatic carbocycles. The molecule has 11 nitrogen and oxygen atoms in total. The number of fused-ring (bicyclic) bond motifs is 2. The van der Waals surface area contributed by atoms with Crippen LogP contribution in [0.2, 0.25) is 0 Å². The highest BCUT2D eigenvalue weighted by atomic mass is 16.3. The van der Waals surface area contributed by atoms with Crippen LogP contribution in [0.15, 0.2) is 42.7 Å². The van der Waals surface area contributed by atoms with E-state index in [1.165, 1.54) is 0 Å². The minimum Gasteiger partial charge on any atom is -0.507 e. The highest BCUT2D eigenvalue weighted by Crippen LogP contribution is 2.38. The van der Waals surface area contributed by atoms with Crippen molar-refractivity contribution in [1.29, 1.82) is 0 Å². The van der Waals surface area contributed by atoms with Crippen molar-refractivity contribution in [3.63, 3.8) is 0 Å². The molecule has 2 atom stereocenters. The number of aromatic nitrogens is 4. The van der Waals surface area contributed by atoms with E-state index in [4.69, 9.17) is 21.4 Å². The summed E-state index contributed by atoms with van der Waals surface area (Å²) in [6, 6.07) is 9.30. The fraction of sp³-hybridized carbons (Fsp3) is 0.444. The van der Waals surface area contributed by atoms with Gasteiger partial charge in [-0.05, 0) is 68.2 Å². The van der Waals surface area contributed by atoms with Gasteiger partial charge < -0.3 is 31.7 Å². The highest BCUT2D eigenvalue weighted by Gasteiger charge is 2.42. The normalized spacial score (nSPS) is 24.8. The van der Waals surface area contributed by atoms with E-state index < -0.39 is 6.03 Å². The number of nitrogens with zero attached hydrogens (tertiary/aromatic N) is 6. The van der Waals surface area contributed by atoms with Crippen LogP contribution in [0.4, 0.5) is 22.2 Å². The zero-order valence-electron chi connectivity index (χ0n) is 21.2. The van der Waals surface area contributed by atoms with Crippen molar-refractivity contribution in [2.45, 2.75) is 62.6 Å². The molecule has 2 unspecified atom stereocenters. The van der Waals surface area contributed by atoms with Gasteiger partial charge in [0.05, 0.1) is 11.4 Å².